The van der Waals surface area contributed by atoms with Gasteiger partial charge in [0.15, 0.2) is 5.82 Å². The van der Waals surface area contributed by atoms with Gasteiger partial charge in [-0.3, -0.25) is 4.68 Å². The third kappa shape index (κ3) is 2.34. The van der Waals surface area contributed by atoms with Gasteiger partial charge in [0.25, 0.3) is 0 Å². The largest absolute Gasteiger partial charge is 0.363 e. The molecule has 3 heterocycles. The van der Waals surface area contributed by atoms with Crippen LogP contribution in [0.25, 0.3) is 5.52 Å². The Morgan fingerprint density at radius 2 is 2.09 bits per heavy atom. The van der Waals surface area contributed by atoms with Crippen molar-refractivity contribution in [3.05, 3.63) is 42.6 Å². The Morgan fingerprint density at radius 1 is 1.18 bits per heavy atom. The smallest absolute Gasteiger partial charge is 0.152 e. The molecule has 1 aliphatic carbocycles. The number of nitrogens with zero attached hydrogens (tertiary/aromatic N) is 5. The Bertz CT molecular complexity index is 760. The minimum Gasteiger partial charge on any atom is -0.363 e. The number of hydrogen-bond donors (Lipinski definition) is 1. The van der Waals surface area contributed by atoms with Crippen molar-refractivity contribution in [3.63, 3.8) is 0 Å². The van der Waals surface area contributed by atoms with Gasteiger partial charge in [0.1, 0.15) is 5.52 Å². The first-order chi connectivity index (χ1) is 10.8. The van der Waals surface area contributed by atoms with Crippen LogP contribution in [0.5, 0.6) is 0 Å². The normalized spacial score (nSPS) is 22.0. The molecule has 22 heavy (non-hydrogen) atoms. The van der Waals surface area contributed by atoms with Crippen LogP contribution >= 0.6 is 0 Å². The van der Waals surface area contributed by atoms with E-state index in [1.165, 1.54) is 12.8 Å². The number of fused-ring (bicyclic) bond motifs is 1. The molecule has 2 atom stereocenters. The van der Waals surface area contributed by atoms with Crippen LogP contribution in [-0.4, -0.2) is 30.4 Å². The minimum atomic E-state index is 0.350. The molecule has 0 radical (unpaired) electrons. The van der Waals surface area contributed by atoms with Crippen LogP contribution in [0.2, 0.25) is 0 Å². The second-order valence-electron chi connectivity index (χ2n) is 5.98. The highest BCUT2D eigenvalue weighted by Gasteiger charge is 2.27. The zero-order valence-corrected chi connectivity index (χ0v) is 12.7. The molecule has 0 amide bonds. The lowest BCUT2D eigenvalue weighted by molar-refractivity contribution is 0.301. The summed E-state index contributed by atoms with van der Waals surface area (Å²) < 4.78 is 3.97. The number of rotatable bonds is 3. The van der Waals surface area contributed by atoms with Crippen molar-refractivity contribution in [2.45, 2.75) is 44.7 Å². The van der Waals surface area contributed by atoms with Crippen LogP contribution in [0.1, 0.15) is 37.4 Å². The molecule has 114 valence electrons. The van der Waals surface area contributed by atoms with E-state index in [1.807, 2.05) is 29.9 Å². The molecule has 1 N–H and O–H groups in total. The van der Waals surface area contributed by atoms with Gasteiger partial charge in [0.2, 0.25) is 0 Å². The molecule has 6 heteroatoms. The zero-order valence-electron chi connectivity index (χ0n) is 12.7. The van der Waals surface area contributed by atoms with Crippen molar-refractivity contribution < 1.29 is 0 Å². The van der Waals surface area contributed by atoms with E-state index >= 15 is 0 Å². The summed E-state index contributed by atoms with van der Waals surface area (Å²) in [6.07, 6.45) is 12.4. The molecule has 1 fully saturated rings. The van der Waals surface area contributed by atoms with Crippen LogP contribution in [0.4, 0.5) is 5.82 Å². The average Bonchev–Trinajstić information content (AvgIpc) is 3.17. The fraction of sp³-hybridized carbons (Fsp3) is 0.438. The Labute approximate surface area is 129 Å². The summed E-state index contributed by atoms with van der Waals surface area (Å²) in [6.45, 7) is 2.00. The van der Waals surface area contributed by atoms with Crippen molar-refractivity contribution in [2.24, 2.45) is 0 Å². The highest BCUT2D eigenvalue weighted by molar-refractivity contribution is 5.68. The first-order valence-corrected chi connectivity index (χ1v) is 7.88. The third-order valence-electron chi connectivity index (χ3n) is 4.43. The van der Waals surface area contributed by atoms with Gasteiger partial charge < -0.3 is 5.32 Å². The topological polar surface area (TPSA) is 60.0 Å². The van der Waals surface area contributed by atoms with Gasteiger partial charge in [0.05, 0.1) is 17.8 Å². The second-order valence-corrected chi connectivity index (χ2v) is 5.98. The van der Waals surface area contributed by atoms with Crippen molar-refractivity contribution in [2.75, 3.05) is 5.32 Å². The standard InChI is InChI=1S/C16H20N6/c1-12-11-15-16(17-8-10-22(15)20-12)19-13-5-2-3-6-14(13)21-9-4-7-18-21/h4,7-11,13-14H,2-3,5-6H2,1H3,(H,17,19). The summed E-state index contributed by atoms with van der Waals surface area (Å²) >= 11 is 0. The molecule has 4 rings (SSSR count). The maximum Gasteiger partial charge on any atom is 0.152 e. The van der Waals surface area contributed by atoms with Gasteiger partial charge in [-0.2, -0.15) is 10.2 Å². The molecule has 6 nitrogen and oxygen atoms in total. The van der Waals surface area contributed by atoms with E-state index in [9.17, 15) is 0 Å². The monoisotopic (exact) mass is 296 g/mol. The lowest BCUT2D eigenvalue weighted by atomic mass is 9.90. The van der Waals surface area contributed by atoms with E-state index in [-0.39, 0.29) is 0 Å². The molecular weight excluding hydrogens is 276 g/mol. The maximum atomic E-state index is 4.53. The molecule has 1 saturated carbocycles. The van der Waals surface area contributed by atoms with Crippen LogP contribution < -0.4 is 5.32 Å². The Morgan fingerprint density at radius 3 is 2.95 bits per heavy atom. The zero-order chi connectivity index (χ0) is 14.9. The van der Waals surface area contributed by atoms with Crippen molar-refractivity contribution in [3.8, 4) is 0 Å². The Balaban J connectivity index is 1.65. The summed E-state index contributed by atoms with van der Waals surface area (Å²) in [5, 5.41) is 12.5. The molecule has 3 aromatic rings. The first kappa shape index (κ1) is 13.3. The number of anilines is 1. The van der Waals surface area contributed by atoms with Crippen LogP contribution in [-0.2, 0) is 0 Å². The maximum absolute atomic E-state index is 4.53. The van der Waals surface area contributed by atoms with Gasteiger partial charge in [-0.25, -0.2) is 9.50 Å². The third-order valence-corrected chi connectivity index (χ3v) is 4.43. The highest BCUT2D eigenvalue weighted by atomic mass is 15.3. The molecule has 0 spiro atoms. The minimum absolute atomic E-state index is 0.350. The quantitative estimate of drug-likeness (QED) is 0.807. The van der Waals surface area contributed by atoms with Crippen LogP contribution in [0.15, 0.2) is 36.9 Å². The highest BCUT2D eigenvalue weighted by Crippen LogP contribution is 2.31. The van der Waals surface area contributed by atoms with Gasteiger partial charge in [-0.05, 0) is 31.9 Å². The number of aryl methyl sites for hydroxylation is 1. The van der Waals surface area contributed by atoms with Crippen LogP contribution in [0.3, 0.4) is 0 Å². The van der Waals surface area contributed by atoms with Gasteiger partial charge in [-0.1, -0.05) is 12.8 Å². The molecule has 0 bridgehead atoms. The molecule has 0 aliphatic heterocycles. The van der Waals surface area contributed by atoms with Crippen molar-refractivity contribution in [1.82, 2.24) is 24.4 Å². The summed E-state index contributed by atoms with van der Waals surface area (Å²) in [7, 11) is 0. The predicted molar refractivity (Wildman–Crippen MR) is 84.9 cm³/mol. The molecular formula is C16H20N6. The van der Waals surface area contributed by atoms with E-state index in [1.54, 1.807) is 6.20 Å². The summed E-state index contributed by atoms with van der Waals surface area (Å²) in [6, 6.07) is 4.80. The van der Waals surface area contributed by atoms with Gasteiger partial charge in [0, 0.05) is 24.8 Å². The van der Waals surface area contributed by atoms with Crippen molar-refractivity contribution in [1.29, 1.82) is 0 Å². The van der Waals surface area contributed by atoms with Crippen molar-refractivity contribution >= 4 is 11.3 Å². The molecule has 0 saturated heterocycles. The van der Waals surface area contributed by atoms with E-state index in [4.69, 9.17) is 0 Å². The molecule has 3 aromatic heterocycles. The second kappa shape index (κ2) is 5.44. The average molecular weight is 296 g/mol. The van der Waals surface area contributed by atoms with E-state index in [0.717, 1.165) is 29.9 Å². The summed E-state index contributed by atoms with van der Waals surface area (Å²) in [5.41, 5.74) is 2.04. The Kier molecular flexibility index (Phi) is 3.29. The predicted octanol–water partition coefficient (Wildman–Crippen LogP) is 2.83. The molecule has 2 unspecified atom stereocenters. The summed E-state index contributed by atoms with van der Waals surface area (Å²) in [4.78, 5) is 4.53. The number of hydrogen-bond acceptors (Lipinski definition) is 4. The van der Waals surface area contributed by atoms with Crippen LogP contribution in [0, 0.1) is 6.92 Å². The molecule has 1 aliphatic rings. The first-order valence-electron chi connectivity index (χ1n) is 7.88. The number of aromatic nitrogens is 5. The lowest BCUT2D eigenvalue weighted by Gasteiger charge is -2.32. The Hall–Kier alpha value is -2.37. The van der Waals surface area contributed by atoms with E-state index < -0.39 is 0 Å². The van der Waals surface area contributed by atoms with E-state index in [0.29, 0.717) is 12.1 Å². The number of nitrogens with one attached hydrogen (secondary N) is 1. The molecule has 0 aromatic carbocycles. The van der Waals surface area contributed by atoms with Gasteiger partial charge >= 0.3 is 0 Å². The SMILES string of the molecule is Cc1cc2c(NC3CCCCC3n3cccn3)nccn2n1. The van der Waals surface area contributed by atoms with E-state index in [2.05, 4.69) is 37.4 Å². The fourth-order valence-electron chi connectivity index (χ4n) is 3.40. The fourth-order valence-corrected chi connectivity index (χ4v) is 3.40. The van der Waals surface area contributed by atoms with Gasteiger partial charge in [-0.15, -0.1) is 0 Å². The summed E-state index contributed by atoms with van der Waals surface area (Å²) in [5.74, 6) is 0.909. The lowest BCUT2D eigenvalue weighted by Crippen LogP contribution is -2.34.